The van der Waals surface area contributed by atoms with Crippen LogP contribution in [0.4, 0.5) is 11.9 Å². The zero-order valence-corrected chi connectivity index (χ0v) is 11.4. The number of nitrogen functional groups attached to an aromatic ring is 1. The van der Waals surface area contributed by atoms with Crippen LogP contribution in [0.1, 0.15) is 6.42 Å². The number of nitrogens with zero attached hydrogens (tertiary/aromatic N) is 6. The maximum atomic E-state index is 5.77. The normalized spacial score (nSPS) is 18.7. The van der Waals surface area contributed by atoms with Crippen LogP contribution >= 0.6 is 11.8 Å². The van der Waals surface area contributed by atoms with Crippen LogP contribution in [-0.4, -0.2) is 49.1 Å². The van der Waals surface area contributed by atoms with E-state index >= 15 is 0 Å². The van der Waals surface area contributed by atoms with E-state index in [2.05, 4.69) is 24.8 Å². The third-order valence-electron chi connectivity index (χ3n) is 3.13. The second-order valence-electron chi connectivity index (χ2n) is 4.39. The summed E-state index contributed by atoms with van der Waals surface area (Å²) >= 11 is 1.95. The van der Waals surface area contributed by atoms with Crippen LogP contribution in [0.15, 0.2) is 18.7 Å². The van der Waals surface area contributed by atoms with E-state index in [1.165, 1.54) is 5.75 Å². The molecule has 0 aromatic carbocycles. The fourth-order valence-corrected chi connectivity index (χ4v) is 3.28. The number of anilines is 2. The molecular formula is C11H15N7S. The van der Waals surface area contributed by atoms with E-state index in [1.807, 2.05) is 18.8 Å². The van der Waals surface area contributed by atoms with Crippen molar-refractivity contribution >= 4 is 23.7 Å². The van der Waals surface area contributed by atoms with Gasteiger partial charge in [0.2, 0.25) is 17.8 Å². The molecule has 0 bridgehead atoms. The molecule has 2 N–H and O–H groups in total. The SMILES string of the molecule is CN(c1nc(N)nc(-n2ccnc2)n1)C1CCSC1. The number of imidazole rings is 1. The molecule has 2 aromatic rings. The first-order valence-corrected chi connectivity index (χ1v) is 7.20. The van der Waals surface area contributed by atoms with Crippen LogP contribution in [0, 0.1) is 0 Å². The van der Waals surface area contributed by atoms with Gasteiger partial charge in [0.05, 0.1) is 0 Å². The Morgan fingerprint density at radius 2 is 2.32 bits per heavy atom. The van der Waals surface area contributed by atoms with Gasteiger partial charge in [-0.1, -0.05) is 0 Å². The van der Waals surface area contributed by atoms with Crippen LogP contribution in [0.3, 0.4) is 0 Å². The molecule has 0 spiro atoms. The molecule has 100 valence electrons. The summed E-state index contributed by atoms with van der Waals surface area (Å²) in [5, 5.41) is 0. The second-order valence-corrected chi connectivity index (χ2v) is 5.54. The molecule has 19 heavy (non-hydrogen) atoms. The van der Waals surface area contributed by atoms with Crippen molar-refractivity contribution in [3.05, 3.63) is 18.7 Å². The van der Waals surface area contributed by atoms with Gasteiger partial charge in [-0.05, 0) is 12.2 Å². The summed E-state index contributed by atoms with van der Waals surface area (Å²) in [7, 11) is 2.00. The number of aromatic nitrogens is 5. The average molecular weight is 277 g/mol. The van der Waals surface area contributed by atoms with Crippen molar-refractivity contribution in [2.75, 3.05) is 29.2 Å². The number of hydrogen-bond acceptors (Lipinski definition) is 7. The highest BCUT2D eigenvalue weighted by Crippen LogP contribution is 2.24. The van der Waals surface area contributed by atoms with Crippen LogP contribution in [0.25, 0.3) is 5.95 Å². The van der Waals surface area contributed by atoms with Crippen molar-refractivity contribution in [1.29, 1.82) is 0 Å². The summed E-state index contributed by atoms with van der Waals surface area (Å²) < 4.78 is 1.72. The Kier molecular flexibility index (Phi) is 3.24. The van der Waals surface area contributed by atoms with E-state index in [9.17, 15) is 0 Å². The molecule has 0 saturated carbocycles. The number of thioether (sulfide) groups is 1. The van der Waals surface area contributed by atoms with Gasteiger partial charge in [-0.15, -0.1) is 0 Å². The Morgan fingerprint density at radius 3 is 3.00 bits per heavy atom. The first-order valence-electron chi connectivity index (χ1n) is 6.04. The Bertz CT molecular complexity index is 550. The van der Waals surface area contributed by atoms with Crippen LogP contribution in [0.5, 0.6) is 0 Å². The van der Waals surface area contributed by atoms with E-state index in [4.69, 9.17) is 5.73 Å². The lowest BCUT2D eigenvalue weighted by Gasteiger charge is -2.23. The van der Waals surface area contributed by atoms with Crippen molar-refractivity contribution in [3.8, 4) is 5.95 Å². The molecule has 1 atom stereocenters. The van der Waals surface area contributed by atoms with Gasteiger partial charge in [-0.2, -0.15) is 26.7 Å². The summed E-state index contributed by atoms with van der Waals surface area (Å²) in [6.07, 6.45) is 6.25. The number of nitrogens with two attached hydrogens (primary N) is 1. The summed E-state index contributed by atoms with van der Waals surface area (Å²) in [6, 6.07) is 0.461. The largest absolute Gasteiger partial charge is 0.368 e. The average Bonchev–Trinajstić information content (AvgIpc) is 3.10. The molecule has 0 amide bonds. The fraction of sp³-hybridized carbons (Fsp3) is 0.455. The van der Waals surface area contributed by atoms with Gasteiger partial charge < -0.3 is 10.6 Å². The smallest absolute Gasteiger partial charge is 0.241 e. The molecule has 0 aliphatic carbocycles. The maximum absolute atomic E-state index is 5.77. The van der Waals surface area contributed by atoms with Crippen LogP contribution < -0.4 is 10.6 Å². The Hall–Kier alpha value is -1.83. The minimum atomic E-state index is 0.228. The standard InChI is InChI=1S/C11H15N7S/c1-17(8-2-5-19-6-8)10-14-9(12)15-11(16-10)18-4-3-13-7-18/h3-4,7-8H,2,5-6H2,1H3,(H2,12,14,15,16). The minimum Gasteiger partial charge on any atom is -0.368 e. The van der Waals surface area contributed by atoms with Crippen molar-refractivity contribution in [3.63, 3.8) is 0 Å². The van der Waals surface area contributed by atoms with Gasteiger partial charge >= 0.3 is 0 Å². The van der Waals surface area contributed by atoms with E-state index < -0.39 is 0 Å². The molecule has 1 unspecified atom stereocenters. The van der Waals surface area contributed by atoms with Crippen molar-refractivity contribution < 1.29 is 0 Å². The highest BCUT2D eigenvalue weighted by molar-refractivity contribution is 7.99. The second kappa shape index (κ2) is 5.04. The topological polar surface area (TPSA) is 85.8 Å². The fourth-order valence-electron chi connectivity index (χ4n) is 2.01. The lowest BCUT2D eigenvalue weighted by molar-refractivity contribution is 0.677. The minimum absolute atomic E-state index is 0.228. The lowest BCUT2D eigenvalue weighted by atomic mass is 10.2. The summed E-state index contributed by atoms with van der Waals surface area (Å²) in [5.41, 5.74) is 5.77. The zero-order valence-electron chi connectivity index (χ0n) is 10.6. The molecule has 3 heterocycles. The third-order valence-corrected chi connectivity index (χ3v) is 4.28. The summed E-state index contributed by atoms with van der Waals surface area (Å²) in [4.78, 5) is 18.9. The van der Waals surface area contributed by atoms with Crippen molar-refractivity contribution in [2.45, 2.75) is 12.5 Å². The predicted octanol–water partition coefficient (Wildman–Crippen LogP) is 0.581. The molecule has 3 rings (SSSR count). The molecule has 1 saturated heterocycles. The van der Waals surface area contributed by atoms with Gasteiger partial charge in [-0.3, -0.25) is 4.57 Å². The lowest BCUT2D eigenvalue weighted by Crippen LogP contribution is -2.33. The molecule has 1 aliphatic heterocycles. The Labute approximate surface area is 115 Å². The Morgan fingerprint density at radius 1 is 1.42 bits per heavy atom. The third kappa shape index (κ3) is 2.48. The van der Waals surface area contributed by atoms with Gasteiger partial charge in [-0.25, -0.2) is 4.98 Å². The maximum Gasteiger partial charge on any atom is 0.241 e. The first-order chi connectivity index (χ1) is 9.24. The van der Waals surface area contributed by atoms with Gasteiger partial charge in [0.1, 0.15) is 6.33 Å². The number of rotatable bonds is 3. The zero-order chi connectivity index (χ0) is 13.2. The highest BCUT2D eigenvalue weighted by Gasteiger charge is 2.23. The summed E-state index contributed by atoms with van der Waals surface area (Å²) in [5.74, 6) is 3.62. The Balaban J connectivity index is 1.93. The molecule has 7 nitrogen and oxygen atoms in total. The highest BCUT2D eigenvalue weighted by atomic mass is 32.2. The quantitative estimate of drug-likeness (QED) is 0.878. The van der Waals surface area contributed by atoms with E-state index in [1.54, 1.807) is 23.3 Å². The van der Waals surface area contributed by atoms with E-state index in [0.29, 0.717) is 17.9 Å². The molecule has 2 aromatic heterocycles. The van der Waals surface area contributed by atoms with Crippen LogP contribution in [0.2, 0.25) is 0 Å². The predicted molar refractivity (Wildman–Crippen MR) is 75.5 cm³/mol. The van der Waals surface area contributed by atoms with Crippen LogP contribution in [-0.2, 0) is 0 Å². The van der Waals surface area contributed by atoms with Gasteiger partial charge in [0.25, 0.3) is 0 Å². The molecular weight excluding hydrogens is 262 g/mol. The molecule has 1 aliphatic rings. The van der Waals surface area contributed by atoms with E-state index in [0.717, 1.165) is 12.2 Å². The van der Waals surface area contributed by atoms with Gasteiger partial charge in [0, 0.05) is 31.2 Å². The van der Waals surface area contributed by atoms with Crippen molar-refractivity contribution in [1.82, 2.24) is 24.5 Å². The van der Waals surface area contributed by atoms with Crippen molar-refractivity contribution in [2.24, 2.45) is 0 Å². The van der Waals surface area contributed by atoms with E-state index in [-0.39, 0.29) is 5.95 Å². The monoisotopic (exact) mass is 277 g/mol. The molecule has 0 radical (unpaired) electrons. The van der Waals surface area contributed by atoms with Gasteiger partial charge in [0.15, 0.2) is 0 Å². The molecule has 8 heteroatoms. The first kappa shape index (κ1) is 12.2. The summed E-state index contributed by atoms with van der Waals surface area (Å²) in [6.45, 7) is 0. The molecule has 1 fully saturated rings. The number of hydrogen-bond donors (Lipinski definition) is 1.